The Morgan fingerprint density at radius 2 is 1.81 bits per heavy atom. The summed E-state index contributed by atoms with van der Waals surface area (Å²) in [4.78, 5) is 16.7. The lowest BCUT2D eigenvalue weighted by Gasteiger charge is -2.29. The first-order valence-corrected chi connectivity index (χ1v) is 12.0. The minimum absolute atomic E-state index is 0.616. The summed E-state index contributed by atoms with van der Waals surface area (Å²) in [6, 6.07) is 8.48. The summed E-state index contributed by atoms with van der Waals surface area (Å²) >= 11 is 1.83. The Morgan fingerprint density at radius 1 is 1.06 bits per heavy atom. The molecular formula is C23H32N4O3S. The molecule has 2 fully saturated rings. The molecule has 0 aromatic carbocycles. The van der Waals surface area contributed by atoms with Crippen LogP contribution in [0.2, 0.25) is 0 Å². The third-order valence-corrected chi connectivity index (χ3v) is 6.69. The van der Waals surface area contributed by atoms with E-state index in [9.17, 15) is 0 Å². The Morgan fingerprint density at radius 3 is 2.55 bits per heavy atom. The standard InChI is InChI=1S/C23H32N4O3S/c1-2-21-3-4-22(31-21)18-24-17-19-15-20(27-8-12-29-13-9-27)16-23(25-19)30-14-7-26-5-10-28-11-6-26/h3-4,15-17H,2,5-14,18H2,1H3. The summed E-state index contributed by atoms with van der Waals surface area (Å²) < 4.78 is 17.0. The number of hydrogen-bond acceptors (Lipinski definition) is 8. The summed E-state index contributed by atoms with van der Waals surface area (Å²) in [5.41, 5.74) is 1.95. The average molecular weight is 445 g/mol. The van der Waals surface area contributed by atoms with Crippen LogP contribution in [0.1, 0.15) is 22.4 Å². The van der Waals surface area contributed by atoms with Crippen LogP contribution >= 0.6 is 11.3 Å². The van der Waals surface area contributed by atoms with Gasteiger partial charge < -0.3 is 19.1 Å². The monoisotopic (exact) mass is 444 g/mol. The first-order valence-electron chi connectivity index (χ1n) is 11.2. The largest absolute Gasteiger partial charge is 0.476 e. The molecule has 0 radical (unpaired) electrons. The van der Waals surface area contributed by atoms with Crippen LogP contribution in [0, 0.1) is 0 Å². The predicted octanol–water partition coefficient (Wildman–Crippen LogP) is 2.87. The van der Waals surface area contributed by atoms with Gasteiger partial charge >= 0.3 is 0 Å². The van der Waals surface area contributed by atoms with Gasteiger partial charge in [0.15, 0.2) is 0 Å². The number of aryl methyl sites for hydroxylation is 1. The van der Waals surface area contributed by atoms with Crippen molar-refractivity contribution in [1.82, 2.24) is 9.88 Å². The molecule has 2 aromatic rings. The van der Waals surface area contributed by atoms with Gasteiger partial charge in [-0.2, -0.15) is 0 Å². The van der Waals surface area contributed by atoms with Crippen molar-refractivity contribution in [2.75, 3.05) is 70.7 Å². The van der Waals surface area contributed by atoms with E-state index in [0.29, 0.717) is 19.0 Å². The molecule has 0 spiro atoms. The van der Waals surface area contributed by atoms with E-state index in [1.807, 2.05) is 23.6 Å². The number of nitrogens with zero attached hydrogens (tertiary/aromatic N) is 4. The van der Waals surface area contributed by atoms with Crippen molar-refractivity contribution in [3.05, 3.63) is 39.7 Å². The number of ether oxygens (including phenoxy) is 3. The lowest BCUT2D eigenvalue weighted by Crippen LogP contribution is -2.38. The zero-order chi connectivity index (χ0) is 21.3. The normalized spacial score (nSPS) is 18.0. The first-order chi connectivity index (χ1) is 15.3. The van der Waals surface area contributed by atoms with Gasteiger partial charge in [-0.05, 0) is 24.6 Å². The maximum Gasteiger partial charge on any atom is 0.215 e. The second kappa shape index (κ2) is 11.6. The van der Waals surface area contributed by atoms with Gasteiger partial charge in [0, 0.05) is 60.4 Å². The fraction of sp³-hybridized carbons (Fsp3) is 0.565. The molecule has 0 bridgehead atoms. The molecule has 2 aliphatic rings. The van der Waals surface area contributed by atoms with Crippen LogP contribution in [0.25, 0.3) is 0 Å². The second-order valence-corrected chi connectivity index (χ2v) is 8.93. The van der Waals surface area contributed by atoms with Crippen molar-refractivity contribution in [1.29, 1.82) is 0 Å². The van der Waals surface area contributed by atoms with Crippen LogP contribution in [0.3, 0.4) is 0 Å². The number of thiophene rings is 1. The molecule has 7 nitrogen and oxygen atoms in total. The van der Waals surface area contributed by atoms with Crippen molar-refractivity contribution in [3.8, 4) is 5.88 Å². The van der Waals surface area contributed by atoms with E-state index < -0.39 is 0 Å². The Balaban J connectivity index is 1.42. The lowest BCUT2D eigenvalue weighted by atomic mass is 10.2. The number of anilines is 1. The molecule has 8 heteroatoms. The van der Waals surface area contributed by atoms with Gasteiger partial charge in [0.25, 0.3) is 0 Å². The minimum atomic E-state index is 0.616. The molecule has 31 heavy (non-hydrogen) atoms. The van der Waals surface area contributed by atoms with Gasteiger partial charge in [0.2, 0.25) is 5.88 Å². The summed E-state index contributed by atoms with van der Waals surface area (Å²) in [7, 11) is 0. The first kappa shape index (κ1) is 22.2. The van der Waals surface area contributed by atoms with Crippen LogP contribution in [0.5, 0.6) is 5.88 Å². The van der Waals surface area contributed by atoms with Crippen LogP contribution in [0.4, 0.5) is 5.69 Å². The molecule has 0 saturated carbocycles. The summed E-state index contributed by atoms with van der Waals surface area (Å²) in [5.74, 6) is 0.656. The maximum atomic E-state index is 6.05. The smallest absolute Gasteiger partial charge is 0.215 e. The van der Waals surface area contributed by atoms with Gasteiger partial charge in [0.1, 0.15) is 6.61 Å². The molecule has 2 aromatic heterocycles. The summed E-state index contributed by atoms with van der Waals surface area (Å²) in [6.45, 7) is 11.1. The topological polar surface area (TPSA) is 59.4 Å². The van der Waals surface area contributed by atoms with E-state index >= 15 is 0 Å². The molecule has 4 heterocycles. The Hall–Kier alpha value is -2.00. The van der Waals surface area contributed by atoms with E-state index in [2.05, 4.69) is 39.9 Å². The highest BCUT2D eigenvalue weighted by Gasteiger charge is 2.15. The number of rotatable bonds is 9. The zero-order valence-electron chi connectivity index (χ0n) is 18.3. The Kier molecular flexibility index (Phi) is 8.29. The number of morpholine rings is 2. The van der Waals surface area contributed by atoms with Crippen LogP contribution in [-0.4, -0.2) is 81.9 Å². The van der Waals surface area contributed by atoms with Crippen molar-refractivity contribution in [2.45, 2.75) is 19.9 Å². The summed E-state index contributed by atoms with van der Waals surface area (Å²) in [5, 5.41) is 0. The van der Waals surface area contributed by atoms with Gasteiger partial charge in [-0.3, -0.25) is 9.89 Å². The van der Waals surface area contributed by atoms with Gasteiger partial charge in [-0.1, -0.05) is 6.92 Å². The zero-order valence-corrected chi connectivity index (χ0v) is 19.1. The van der Waals surface area contributed by atoms with E-state index in [4.69, 9.17) is 19.2 Å². The number of aromatic nitrogens is 1. The van der Waals surface area contributed by atoms with Crippen molar-refractivity contribution < 1.29 is 14.2 Å². The lowest BCUT2D eigenvalue weighted by molar-refractivity contribution is 0.0320. The van der Waals surface area contributed by atoms with Crippen LogP contribution in [-0.2, 0) is 22.4 Å². The Bertz CT molecular complexity index is 845. The third-order valence-electron chi connectivity index (χ3n) is 5.48. The fourth-order valence-electron chi connectivity index (χ4n) is 3.69. The molecule has 0 N–H and O–H groups in total. The van der Waals surface area contributed by atoms with Crippen molar-refractivity contribution in [3.63, 3.8) is 0 Å². The minimum Gasteiger partial charge on any atom is -0.476 e. The quantitative estimate of drug-likeness (QED) is 0.555. The van der Waals surface area contributed by atoms with E-state index in [0.717, 1.165) is 77.0 Å². The molecule has 0 unspecified atom stereocenters. The van der Waals surface area contributed by atoms with Crippen LogP contribution in [0.15, 0.2) is 29.3 Å². The van der Waals surface area contributed by atoms with Gasteiger partial charge in [0.05, 0.1) is 38.7 Å². The molecule has 4 rings (SSSR count). The van der Waals surface area contributed by atoms with Gasteiger partial charge in [-0.25, -0.2) is 4.98 Å². The second-order valence-electron chi connectivity index (χ2n) is 7.68. The summed E-state index contributed by atoms with van der Waals surface area (Å²) in [6.07, 6.45) is 2.94. The molecule has 0 atom stereocenters. The van der Waals surface area contributed by atoms with E-state index in [1.165, 1.54) is 9.75 Å². The average Bonchev–Trinajstić information content (AvgIpc) is 3.28. The highest BCUT2D eigenvalue weighted by molar-refractivity contribution is 7.11. The molecule has 0 amide bonds. The molecule has 168 valence electrons. The fourth-order valence-corrected chi connectivity index (χ4v) is 4.58. The van der Waals surface area contributed by atoms with Crippen molar-refractivity contribution >= 4 is 23.2 Å². The van der Waals surface area contributed by atoms with Gasteiger partial charge in [-0.15, -0.1) is 11.3 Å². The third kappa shape index (κ3) is 6.74. The molecule has 2 aliphatic heterocycles. The highest BCUT2D eigenvalue weighted by Crippen LogP contribution is 2.22. The SMILES string of the molecule is CCc1ccc(CN=Cc2cc(N3CCOCC3)cc(OCCN3CCOCC3)n2)s1. The van der Waals surface area contributed by atoms with E-state index in [1.54, 1.807) is 0 Å². The van der Waals surface area contributed by atoms with E-state index in [-0.39, 0.29) is 0 Å². The van der Waals surface area contributed by atoms with Crippen molar-refractivity contribution in [2.24, 2.45) is 4.99 Å². The molecule has 2 saturated heterocycles. The number of aliphatic imine (C=N–C) groups is 1. The number of hydrogen-bond donors (Lipinski definition) is 0. The number of pyridine rings is 1. The predicted molar refractivity (Wildman–Crippen MR) is 125 cm³/mol. The molecule has 0 aliphatic carbocycles. The molecular weight excluding hydrogens is 412 g/mol. The van der Waals surface area contributed by atoms with Crippen LogP contribution < -0.4 is 9.64 Å². The Labute approximate surface area is 188 Å². The maximum absolute atomic E-state index is 6.05. The highest BCUT2D eigenvalue weighted by atomic mass is 32.1.